The smallest absolute Gasteiger partial charge is 0.308 e. The molecular weight excluding hydrogens is 388 g/mol. The number of carboxylic acid groups (broad SMARTS) is 1. The van der Waals surface area contributed by atoms with Crippen molar-refractivity contribution in [2.24, 2.45) is 23.7 Å². The van der Waals surface area contributed by atoms with Gasteiger partial charge in [-0.2, -0.15) is 0 Å². The Balaban J connectivity index is 2.09. The Bertz CT molecular complexity index is 656. The van der Waals surface area contributed by atoms with Gasteiger partial charge in [-0.3, -0.25) is 9.59 Å². The number of aliphatic hydroxyl groups is 3. The molecule has 0 aromatic rings. The van der Waals surface area contributed by atoms with Crippen LogP contribution in [0.5, 0.6) is 0 Å². The van der Waals surface area contributed by atoms with Gasteiger partial charge in [0.1, 0.15) is 6.10 Å². The molecule has 0 saturated heterocycles. The van der Waals surface area contributed by atoms with E-state index in [2.05, 4.69) is 13.0 Å². The lowest BCUT2D eigenvalue weighted by molar-refractivity contribution is -0.159. The predicted octanol–water partition coefficient (Wildman–Crippen LogP) is 2.44. The summed E-state index contributed by atoms with van der Waals surface area (Å²) < 4.78 is 5.84. The van der Waals surface area contributed by atoms with Gasteiger partial charge in [0, 0.05) is 12.3 Å². The van der Waals surface area contributed by atoms with Crippen molar-refractivity contribution in [1.82, 2.24) is 0 Å². The molecular formula is C23H36O7. The van der Waals surface area contributed by atoms with Gasteiger partial charge < -0.3 is 25.2 Å². The van der Waals surface area contributed by atoms with E-state index in [4.69, 9.17) is 9.84 Å². The Morgan fingerprint density at radius 2 is 1.97 bits per heavy atom. The maximum Gasteiger partial charge on any atom is 0.308 e. The number of allylic oxidation sites excluding steroid dienone is 2. The second-order valence-corrected chi connectivity index (χ2v) is 8.88. The van der Waals surface area contributed by atoms with E-state index >= 15 is 0 Å². The molecule has 2 aliphatic rings. The number of carbonyl (C=O) groups excluding carboxylic acids is 1. The summed E-state index contributed by atoms with van der Waals surface area (Å²) in [5, 5.41) is 39.1. The van der Waals surface area contributed by atoms with E-state index in [9.17, 15) is 24.9 Å². The molecule has 0 unspecified atom stereocenters. The van der Waals surface area contributed by atoms with E-state index in [0.717, 1.165) is 5.57 Å². The second-order valence-electron chi connectivity index (χ2n) is 8.88. The molecule has 0 aromatic carbocycles. The fourth-order valence-corrected chi connectivity index (χ4v) is 4.52. The van der Waals surface area contributed by atoms with E-state index in [1.54, 1.807) is 0 Å². The first kappa shape index (κ1) is 24.6. The molecule has 0 heterocycles. The third-order valence-corrected chi connectivity index (χ3v) is 6.44. The summed E-state index contributed by atoms with van der Waals surface area (Å²) in [4.78, 5) is 23.1. The van der Waals surface area contributed by atoms with Gasteiger partial charge in [-0.05, 0) is 43.1 Å². The molecule has 0 fully saturated rings. The Kier molecular flexibility index (Phi) is 9.07. The third-order valence-electron chi connectivity index (χ3n) is 6.44. The maximum atomic E-state index is 12.4. The summed E-state index contributed by atoms with van der Waals surface area (Å²) in [5.74, 6) is -1.31. The second kappa shape index (κ2) is 11.1. The van der Waals surface area contributed by atoms with Crippen LogP contribution in [0, 0.1) is 23.7 Å². The molecule has 4 N–H and O–H groups in total. The first-order valence-corrected chi connectivity index (χ1v) is 11.0. The van der Waals surface area contributed by atoms with Crippen molar-refractivity contribution in [3.63, 3.8) is 0 Å². The zero-order valence-electron chi connectivity index (χ0n) is 18.1. The Morgan fingerprint density at radius 3 is 2.60 bits per heavy atom. The zero-order chi connectivity index (χ0) is 22.4. The monoisotopic (exact) mass is 424 g/mol. The van der Waals surface area contributed by atoms with Gasteiger partial charge in [0.2, 0.25) is 0 Å². The van der Waals surface area contributed by atoms with Crippen molar-refractivity contribution in [3.05, 3.63) is 23.8 Å². The molecule has 0 aliphatic heterocycles. The average Bonchev–Trinajstić information content (AvgIpc) is 2.65. The lowest BCUT2D eigenvalue weighted by atomic mass is 9.66. The van der Waals surface area contributed by atoms with Crippen LogP contribution in [0.4, 0.5) is 0 Å². The SMILES string of the molecule is CC[C@H](C)C(=O)O[C@@H]1C[C@H](O)C=C2C=C[C@H](C)[C@H](CC[C@@H](O)C[C@H](O)CC(=O)O)[C@H]21. The minimum atomic E-state index is -1.10. The van der Waals surface area contributed by atoms with Crippen LogP contribution in [0.25, 0.3) is 0 Å². The highest BCUT2D eigenvalue weighted by atomic mass is 16.5. The fraction of sp³-hybridized carbons (Fsp3) is 0.739. The van der Waals surface area contributed by atoms with Crippen molar-refractivity contribution in [2.45, 2.75) is 83.7 Å². The van der Waals surface area contributed by atoms with Crippen LogP contribution in [0.1, 0.15) is 59.3 Å². The van der Waals surface area contributed by atoms with Gasteiger partial charge >= 0.3 is 11.9 Å². The third kappa shape index (κ3) is 6.65. The Hall–Kier alpha value is -1.70. The summed E-state index contributed by atoms with van der Waals surface area (Å²) in [6.07, 6.45) is 4.64. The highest BCUT2D eigenvalue weighted by Gasteiger charge is 2.42. The van der Waals surface area contributed by atoms with Gasteiger partial charge in [-0.15, -0.1) is 0 Å². The number of rotatable bonds is 10. The largest absolute Gasteiger partial charge is 0.481 e. The van der Waals surface area contributed by atoms with Gasteiger partial charge in [0.25, 0.3) is 0 Å². The van der Waals surface area contributed by atoms with Crippen molar-refractivity contribution in [1.29, 1.82) is 0 Å². The maximum absolute atomic E-state index is 12.4. The van der Waals surface area contributed by atoms with E-state index in [1.807, 2.05) is 26.0 Å². The number of esters is 1. The zero-order valence-corrected chi connectivity index (χ0v) is 18.1. The molecule has 7 heteroatoms. The predicted molar refractivity (Wildman–Crippen MR) is 111 cm³/mol. The van der Waals surface area contributed by atoms with E-state index < -0.39 is 30.4 Å². The first-order valence-electron chi connectivity index (χ1n) is 11.0. The quantitative estimate of drug-likeness (QED) is 0.397. The van der Waals surface area contributed by atoms with E-state index in [1.165, 1.54) is 0 Å². The fourth-order valence-electron chi connectivity index (χ4n) is 4.52. The molecule has 0 bridgehead atoms. The van der Waals surface area contributed by atoms with Gasteiger partial charge in [-0.1, -0.05) is 39.0 Å². The van der Waals surface area contributed by atoms with Crippen LogP contribution in [-0.2, 0) is 14.3 Å². The van der Waals surface area contributed by atoms with Gasteiger partial charge in [-0.25, -0.2) is 0 Å². The number of hydrogen-bond donors (Lipinski definition) is 4. The van der Waals surface area contributed by atoms with Crippen molar-refractivity contribution < 1.29 is 34.8 Å². The molecule has 0 amide bonds. The number of aliphatic hydroxyl groups excluding tert-OH is 3. The van der Waals surface area contributed by atoms with Gasteiger partial charge in [0.05, 0.1) is 30.7 Å². The highest BCUT2D eigenvalue weighted by molar-refractivity contribution is 5.72. The lowest BCUT2D eigenvalue weighted by Gasteiger charge is -2.43. The molecule has 2 rings (SSSR count). The molecule has 8 atom stereocenters. The van der Waals surface area contributed by atoms with Crippen molar-refractivity contribution >= 4 is 11.9 Å². The first-order chi connectivity index (χ1) is 14.1. The van der Waals surface area contributed by atoms with Crippen LogP contribution in [0.3, 0.4) is 0 Å². The van der Waals surface area contributed by atoms with E-state index in [0.29, 0.717) is 25.7 Å². The summed E-state index contributed by atoms with van der Waals surface area (Å²) in [5.41, 5.74) is 0.958. The van der Waals surface area contributed by atoms with Crippen LogP contribution in [0.15, 0.2) is 23.8 Å². The summed E-state index contributed by atoms with van der Waals surface area (Å²) in [6.45, 7) is 5.85. The summed E-state index contributed by atoms with van der Waals surface area (Å²) >= 11 is 0. The van der Waals surface area contributed by atoms with Crippen LogP contribution in [0.2, 0.25) is 0 Å². The number of hydrogen-bond acceptors (Lipinski definition) is 6. The number of carbonyl (C=O) groups is 2. The normalized spacial score (nSPS) is 31.3. The number of aliphatic carboxylic acids is 1. The highest BCUT2D eigenvalue weighted by Crippen LogP contribution is 2.44. The average molecular weight is 425 g/mol. The lowest BCUT2D eigenvalue weighted by Crippen LogP contribution is -2.43. The minimum absolute atomic E-state index is 0.0156. The number of carboxylic acids is 1. The Labute approximate surface area is 178 Å². The minimum Gasteiger partial charge on any atom is -0.481 e. The number of ether oxygens (including phenoxy) is 1. The van der Waals surface area contributed by atoms with Crippen LogP contribution >= 0.6 is 0 Å². The Morgan fingerprint density at radius 1 is 1.27 bits per heavy atom. The topological polar surface area (TPSA) is 124 Å². The van der Waals surface area contributed by atoms with Crippen LogP contribution < -0.4 is 0 Å². The van der Waals surface area contributed by atoms with Crippen LogP contribution in [-0.4, -0.2) is 56.8 Å². The summed E-state index contributed by atoms with van der Waals surface area (Å²) in [6, 6.07) is 0. The molecule has 0 aromatic heterocycles. The molecule has 0 saturated carbocycles. The number of fused-ring (bicyclic) bond motifs is 1. The summed E-state index contributed by atoms with van der Waals surface area (Å²) in [7, 11) is 0. The van der Waals surface area contributed by atoms with E-state index in [-0.39, 0.29) is 42.5 Å². The van der Waals surface area contributed by atoms with Crippen molar-refractivity contribution in [3.8, 4) is 0 Å². The molecule has 2 aliphatic carbocycles. The molecule has 7 nitrogen and oxygen atoms in total. The molecule has 30 heavy (non-hydrogen) atoms. The standard InChI is InChI=1S/C23H36O7/c1-4-13(2)23(29)30-20-11-17(25)9-15-6-5-14(3)19(22(15)20)8-7-16(24)10-18(26)12-21(27)28/h5-6,9,13-14,16-20,22,24-26H,4,7-8,10-12H2,1-3H3,(H,27,28)/t13-,14-,16+,17+,18-,19-,20+,22-/m0/s1. The molecule has 0 spiro atoms. The van der Waals surface area contributed by atoms with Crippen molar-refractivity contribution in [2.75, 3.05) is 0 Å². The molecule has 0 radical (unpaired) electrons. The molecule has 170 valence electrons. The van der Waals surface area contributed by atoms with Gasteiger partial charge in [0.15, 0.2) is 0 Å².